The van der Waals surface area contributed by atoms with Crippen LogP contribution in [0.3, 0.4) is 0 Å². The third-order valence-electron chi connectivity index (χ3n) is 6.12. The summed E-state index contributed by atoms with van der Waals surface area (Å²) in [6.45, 7) is 23.1. The molecule has 156 valence electrons. The molecule has 0 fully saturated rings. The third kappa shape index (κ3) is 6.10. The first kappa shape index (κ1) is 28.1. The molecule has 0 aliphatic heterocycles. The van der Waals surface area contributed by atoms with Gasteiger partial charge in [0.1, 0.15) is 0 Å². The molecule has 0 nitrogen and oxygen atoms in total. The molecule has 0 aliphatic carbocycles. The molecule has 0 aliphatic rings. The molecule has 0 amide bonds. The van der Waals surface area contributed by atoms with E-state index in [1.54, 1.807) is 10.6 Å². The van der Waals surface area contributed by atoms with Gasteiger partial charge in [0, 0.05) is 0 Å². The van der Waals surface area contributed by atoms with Gasteiger partial charge in [-0.3, -0.25) is 0 Å². The summed E-state index contributed by atoms with van der Waals surface area (Å²) in [4.78, 5) is -0.278. The van der Waals surface area contributed by atoms with Crippen LogP contribution in [-0.2, 0) is 4.92 Å². The summed E-state index contributed by atoms with van der Waals surface area (Å²) >= 11 is 7.39. The van der Waals surface area contributed by atoms with Gasteiger partial charge in [0.25, 0.3) is 0 Å². The fraction of sp³-hybridized carbons (Fsp3) is 0.455. The number of benzene rings is 2. The molecule has 0 bridgehead atoms. The first-order valence-electron chi connectivity index (χ1n) is 9.26. The molecule has 0 heterocycles. The van der Waals surface area contributed by atoms with E-state index >= 15 is 0 Å². The van der Waals surface area contributed by atoms with E-state index in [0.717, 1.165) is 17.2 Å². The van der Waals surface area contributed by atoms with E-state index in [2.05, 4.69) is 129 Å². The Morgan fingerprint density at radius 1 is 0.464 bits per heavy atom. The molecule has 6 heteroatoms. The van der Waals surface area contributed by atoms with E-state index in [4.69, 9.17) is 0 Å². The van der Waals surface area contributed by atoms with Crippen LogP contribution in [0.5, 0.6) is 0 Å². The summed E-state index contributed by atoms with van der Waals surface area (Å²) in [5.74, 6) is 0. The third-order valence-corrected chi connectivity index (χ3v) is 8.38. The van der Waals surface area contributed by atoms with Gasteiger partial charge in [-0.2, -0.15) is 0 Å². The summed E-state index contributed by atoms with van der Waals surface area (Å²) < 4.78 is 0. The summed E-state index contributed by atoms with van der Waals surface area (Å²) in [6, 6.07) is 0. The van der Waals surface area contributed by atoms with Crippen LogP contribution < -0.4 is 10.6 Å². The van der Waals surface area contributed by atoms with Crippen molar-refractivity contribution in [2.45, 2.75) is 55.4 Å². The predicted molar refractivity (Wildman–Crippen MR) is 160 cm³/mol. The predicted octanol–water partition coefficient (Wildman–Crippen LogP) is 8.34. The van der Waals surface area contributed by atoms with Crippen molar-refractivity contribution in [2.75, 3.05) is 13.3 Å². The van der Waals surface area contributed by atoms with Crippen molar-refractivity contribution in [3.63, 3.8) is 0 Å². The quantitative estimate of drug-likeness (QED) is 0.217. The van der Waals surface area contributed by atoms with E-state index < -0.39 is 0 Å². The van der Waals surface area contributed by atoms with Crippen LogP contribution >= 0.6 is 77.1 Å². The summed E-state index contributed by atoms with van der Waals surface area (Å²) in [7, 11) is 1.66. The second-order valence-electron chi connectivity index (χ2n) is 7.19. The van der Waals surface area contributed by atoms with E-state index in [9.17, 15) is 0 Å². The zero-order valence-electron chi connectivity index (χ0n) is 18.6. The van der Waals surface area contributed by atoms with Crippen LogP contribution in [0.2, 0.25) is 0 Å². The molecule has 2 atom stereocenters. The Hall–Kier alpha value is 2.07. The minimum atomic E-state index is -0.278. The van der Waals surface area contributed by atoms with E-state index in [-0.39, 0.29) is 4.92 Å². The van der Waals surface area contributed by atoms with Crippen LogP contribution in [0.15, 0.2) is 0 Å². The standard InChI is InChI=1S/C22H32P2.3HI.V/c1-11-13(3)17(7)21(23-9)19(15(11)5)20-16(6)12(2)14(4)18(8)22(20)24-10;;;;/h23-24H,1-10H3;3*1H;/q;;;;+3/p-3. The van der Waals surface area contributed by atoms with Crippen molar-refractivity contribution in [1.29, 1.82) is 0 Å². The number of halogens is 3. The van der Waals surface area contributed by atoms with Crippen molar-refractivity contribution in [3.05, 3.63) is 44.5 Å². The Bertz CT molecular complexity index is 805. The van der Waals surface area contributed by atoms with Gasteiger partial charge in [-0.25, -0.2) is 0 Å². The fourth-order valence-electron chi connectivity index (χ4n) is 3.88. The molecule has 0 N–H and O–H groups in total. The van der Waals surface area contributed by atoms with Gasteiger partial charge in [0.15, 0.2) is 0 Å². The van der Waals surface area contributed by atoms with Crippen molar-refractivity contribution < 1.29 is 4.92 Å². The SMILES string of the molecule is CPc1c(C)c(C)c(C)c(C)c1-c1c(C)c(C)c(C)c(C)c1PC.[I][V]([I])[I]. The van der Waals surface area contributed by atoms with E-state index in [1.165, 1.54) is 55.6 Å². The van der Waals surface area contributed by atoms with Gasteiger partial charge < -0.3 is 0 Å². The monoisotopic (exact) mass is 790 g/mol. The van der Waals surface area contributed by atoms with Crippen molar-refractivity contribution >= 4 is 87.7 Å². The molecule has 0 saturated carbocycles. The number of hydrogen-bond donors (Lipinski definition) is 0. The molecular formula is C22H32I3P2V. The first-order chi connectivity index (χ1) is 12.9. The van der Waals surface area contributed by atoms with Crippen LogP contribution in [-0.4, -0.2) is 13.3 Å². The summed E-state index contributed by atoms with van der Waals surface area (Å²) in [6.07, 6.45) is 0. The van der Waals surface area contributed by atoms with Crippen LogP contribution in [0.25, 0.3) is 11.1 Å². The second-order valence-corrected chi connectivity index (χ2v) is 44.6. The number of rotatable bonds is 3. The van der Waals surface area contributed by atoms with Gasteiger partial charge >= 0.3 is 64.9 Å². The van der Waals surface area contributed by atoms with Gasteiger partial charge in [0.05, 0.1) is 0 Å². The topological polar surface area (TPSA) is 0 Å². The molecule has 28 heavy (non-hydrogen) atoms. The van der Waals surface area contributed by atoms with Gasteiger partial charge in [-0.1, -0.05) is 17.2 Å². The summed E-state index contributed by atoms with van der Waals surface area (Å²) in [5, 5.41) is 3.14. The first-order valence-corrected chi connectivity index (χ1v) is 25.8. The minimum absolute atomic E-state index is 0.278. The Kier molecular flexibility index (Phi) is 12.4. The zero-order chi connectivity index (χ0) is 21.9. The van der Waals surface area contributed by atoms with Crippen LogP contribution in [0.1, 0.15) is 44.5 Å². The molecule has 2 aromatic carbocycles. The maximum atomic E-state index is 2.46. The Morgan fingerprint density at radius 3 is 0.893 bits per heavy atom. The zero-order valence-corrected chi connectivity index (χ0v) is 28.5. The van der Waals surface area contributed by atoms with Crippen LogP contribution in [0.4, 0.5) is 0 Å². The van der Waals surface area contributed by atoms with Gasteiger partial charge in [0.2, 0.25) is 0 Å². The van der Waals surface area contributed by atoms with E-state index in [0.29, 0.717) is 0 Å². The fourth-order valence-corrected chi connectivity index (χ4v) is 6.12. The molecule has 0 aromatic heterocycles. The van der Waals surface area contributed by atoms with Crippen molar-refractivity contribution in [3.8, 4) is 11.1 Å². The molecular weight excluding hydrogens is 758 g/mol. The molecule has 2 rings (SSSR count). The van der Waals surface area contributed by atoms with Gasteiger partial charge in [-0.05, 0) is 135 Å². The average molecular weight is 790 g/mol. The molecule has 2 unspecified atom stereocenters. The number of hydrogen-bond acceptors (Lipinski definition) is 0. The molecule has 0 radical (unpaired) electrons. The van der Waals surface area contributed by atoms with Crippen molar-refractivity contribution in [2.24, 2.45) is 0 Å². The maximum absolute atomic E-state index is 2.46. The Morgan fingerprint density at radius 2 is 0.679 bits per heavy atom. The molecule has 2 aromatic rings. The average Bonchev–Trinajstić information content (AvgIpc) is 2.64. The van der Waals surface area contributed by atoms with Crippen LogP contribution in [0, 0.1) is 55.4 Å². The Labute approximate surface area is 214 Å². The normalized spacial score (nSPS) is 11.8. The summed E-state index contributed by atoms with van der Waals surface area (Å²) in [5.41, 5.74) is 14.9. The van der Waals surface area contributed by atoms with E-state index in [1.807, 2.05) is 0 Å². The van der Waals surface area contributed by atoms with Crippen molar-refractivity contribution in [1.82, 2.24) is 0 Å². The molecule has 0 saturated heterocycles. The second kappa shape index (κ2) is 12.4. The Balaban J connectivity index is 0.000000892. The molecule has 0 spiro atoms. The van der Waals surface area contributed by atoms with Gasteiger partial charge in [-0.15, -0.1) is 0 Å².